The van der Waals surface area contributed by atoms with E-state index in [0.717, 1.165) is 23.1 Å². The van der Waals surface area contributed by atoms with E-state index in [-0.39, 0.29) is 0 Å². The number of hydrogen-bond acceptors (Lipinski definition) is 1. The normalized spacial score (nSPS) is 10.1. The van der Waals surface area contributed by atoms with Crippen LogP contribution in [0.3, 0.4) is 0 Å². The first kappa shape index (κ1) is 10.9. The highest BCUT2D eigenvalue weighted by molar-refractivity contribution is 9.10. The van der Waals surface area contributed by atoms with Crippen LogP contribution < -0.4 is 4.74 Å². The topological polar surface area (TPSA) is 9.23 Å². The second-order valence-corrected chi connectivity index (χ2v) is 3.90. The van der Waals surface area contributed by atoms with Crippen LogP contribution in [-0.2, 0) is 6.42 Å². The van der Waals surface area contributed by atoms with Gasteiger partial charge in [0, 0.05) is 5.88 Å². The Bertz CT molecular complexity index is 276. The molecule has 3 heteroatoms. The van der Waals surface area contributed by atoms with Crippen LogP contribution in [0.25, 0.3) is 0 Å². The summed E-state index contributed by atoms with van der Waals surface area (Å²) in [5.41, 5.74) is 1.25. The number of benzene rings is 1. The van der Waals surface area contributed by atoms with Crippen molar-refractivity contribution < 1.29 is 4.74 Å². The van der Waals surface area contributed by atoms with E-state index in [9.17, 15) is 0 Å². The Morgan fingerprint density at radius 2 is 2.23 bits per heavy atom. The summed E-state index contributed by atoms with van der Waals surface area (Å²) in [5, 5.41) is 0. The third kappa shape index (κ3) is 2.89. The molecular weight excluding hydrogens is 251 g/mol. The Balaban J connectivity index is 2.81. The van der Waals surface area contributed by atoms with E-state index in [1.165, 1.54) is 5.56 Å². The first-order chi connectivity index (χ1) is 6.29. The lowest BCUT2D eigenvalue weighted by atomic mass is 10.1. The van der Waals surface area contributed by atoms with Gasteiger partial charge >= 0.3 is 0 Å². The van der Waals surface area contributed by atoms with Gasteiger partial charge < -0.3 is 4.74 Å². The molecule has 0 fully saturated rings. The van der Waals surface area contributed by atoms with E-state index >= 15 is 0 Å². The molecule has 13 heavy (non-hydrogen) atoms. The lowest BCUT2D eigenvalue weighted by Crippen LogP contribution is -1.91. The largest absolute Gasteiger partial charge is 0.496 e. The Morgan fingerprint density at radius 3 is 2.85 bits per heavy atom. The molecule has 0 saturated carbocycles. The molecule has 0 amide bonds. The summed E-state index contributed by atoms with van der Waals surface area (Å²) >= 11 is 9.13. The van der Waals surface area contributed by atoms with Gasteiger partial charge in [-0.3, -0.25) is 0 Å². The summed E-state index contributed by atoms with van der Waals surface area (Å²) in [6, 6.07) is 6.01. The fraction of sp³-hybridized carbons (Fsp3) is 0.400. The predicted molar refractivity (Wildman–Crippen MR) is 59.7 cm³/mol. The van der Waals surface area contributed by atoms with Gasteiger partial charge in [0.25, 0.3) is 0 Å². The van der Waals surface area contributed by atoms with Gasteiger partial charge in [-0.05, 0) is 40.4 Å². The number of aryl methyl sites for hydroxylation is 1. The van der Waals surface area contributed by atoms with E-state index in [0.29, 0.717) is 5.88 Å². The Labute approximate surface area is 92.2 Å². The number of ether oxygens (including phenoxy) is 1. The van der Waals surface area contributed by atoms with Crippen molar-refractivity contribution in [2.45, 2.75) is 12.8 Å². The molecule has 0 aliphatic rings. The van der Waals surface area contributed by atoms with Crippen molar-refractivity contribution >= 4 is 27.5 Å². The highest BCUT2D eigenvalue weighted by atomic mass is 79.9. The monoisotopic (exact) mass is 262 g/mol. The van der Waals surface area contributed by atoms with Gasteiger partial charge in [-0.15, -0.1) is 11.6 Å². The van der Waals surface area contributed by atoms with E-state index in [2.05, 4.69) is 22.0 Å². The molecule has 1 aromatic carbocycles. The Kier molecular flexibility index (Phi) is 4.60. The molecule has 1 aromatic rings. The first-order valence-electron chi connectivity index (χ1n) is 4.17. The zero-order valence-corrected chi connectivity index (χ0v) is 9.86. The molecule has 0 spiro atoms. The number of hydrogen-bond donors (Lipinski definition) is 0. The molecule has 0 atom stereocenters. The van der Waals surface area contributed by atoms with E-state index in [1.807, 2.05) is 12.1 Å². The Hall–Kier alpha value is -0.210. The third-order valence-electron chi connectivity index (χ3n) is 1.84. The number of methoxy groups -OCH3 is 1. The van der Waals surface area contributed by atoms with Crippen molar-refractivity contribution in [3.8, 4) is 5.75 Å². The zero-order chi connectivity index (χ0) is 9.68. The molecule has 0 N–H and O–H groups in total. The molecular formula is C10H12BrClO. The summed E-state index contributed by atoms with van der Waals surface area (Å²) in [4.78, 5) is 0. The van der Waals surface area contributed by atoms with Crippen molar-refractivity contribution in [3.05, 3.63) is 28.2 Å². The van der Waals surface area contributed by atoms with Crippen molar-refractivity contribution in [2.24, 2.45) is 0 Å². The summed E-state index contributed by atoms with van der Waals surface area (Å²) in [6.07, 6.45) is 1.98. The molecule has 0 bridgehead atoms. The third-order valence-corrected chi connectivity index (χ3v) is 3.01. The van der Waals surface area contributed by atoms with Crippen molar-refractivity contribution in [1.29, 1.82) is 0 Å². The maximum absolute atomic E-state index is 5.63. The van der Waals surface area contributed by atoms with Crippen LogP contribution >= 0.6 is 27.5 Å². The molecule has 0 aromatic heterocycles. The van der Waals surface area contributed by atoms with Crippen LogP contribution in [0, 0.1) is 0 Å². The van der Waals surface area contributed by atoms with Crippen LogP contribution in [0.2, 0.25) is 0 Å². The van der Waals surface area contributed by atoms with Crippen LogP contribution in [0.4, 0.5) is 0 Å². The minimum Gasteiger partial charge on any atom is -0.496 e. The number of rotatable bonds is 4. The fourth-order valence-electron chi connectivity index (χ4n) is 1.16. The van der Waals surface area contributed by atoms with Crippen molar-refractivity contribution in [3.63, 3.8) is 0 Å². The quantitative estimate of drug-likeness (QED) is 0.754. The minimum absolute atomic E-state index is 0.698. The van der Waals surface area contributed by atoms with Crippen LogP contribution in [0.15, 0.2) is 22.7 Å². The highest BCUT2D eigenvalue weighted by Crippen LogP contribution is 2.28. The average Bonchev–Trinajstić information content (AvgIpc) is 2.16. The second-order valence-electron chi connectivity index (χ2n) is 2.73. The van der Waals surface area contributed by atoms with Crippen LogP contribution in [0.1, 0.15) is 12.0 Å². The number of halogens is 2. The summed E-state index contributed by atoms with van der Waals surface area (Å²) < 4.78 is 6.23. The van der Waals surface area contributed by atoms with Gasteiger partial charge in [0.1, 0.15) is 5.75 Å². The average molecular weight is 264 g/mol. The van der Waals surface area contributed by atoms with Gasteiger partial charge in [-0.25, -0.2) is 0 Å². The van der Waals surface area contributed by atoms with E-state index in [1.54, 1.807) is 7.11 Å². The zero-order valence-electron chi connectivity index (χ0n) is 7.52. The van der Waals surface area contributed by atoms with Gasteiger partial charge in [-0.2, -0.15) is 0 Å². The van der Waals surface area contributed by atoms with Crippen molar-refractivity contribution in [1.82, 2.24) is 0 Å². The van der Waals surface area contributed by atoms with E-state index < -0.39 is 0 Å². The van der Waals surface area contributed by atoms with Crippen molar-refractivity contribution in [2.75, 3.05) is 13.0 Å². The second kappa shape index (κ2) is 5.51. The summed E-state index contributed by atoms with van der Waals surface area (Å²) in [7, 11) is 1.67. The molecule has 0 unspecified atom stereocenters. The van der Waals surface area contributed by atoms with E-state index in [4.69, 9.17) is 16.3 Å². The lowest BCUT2D eigenvalue weighted by molar-refractivity contribution is 0.411. The van der Waals surface area contributed by atoms with Gasteiger partial charge in [-0.1, -0.05) is 12.1 Å². The molecule has 0 aliphatic heterocycles. The number of alkyl halides is 1. The molecule has 0 saturated heterocycles. The SMILES string of the molecule is COc1cccc(CCCCl)c1Br. The summed E-state index contributed by atoms with van der Waals surface area (Å²) in [6.45, 7) is 0. The minimum atomic E-state index is 0.698. The molecule has 72 valence electrons. The van der Waals surface area contributed by atoms with Gasteiger partial charge in [0.05, 0.1) is 11.6 Å². The summed E-state index contributed by atoms with van der Waals surface area (Å²) in [5.74, 6) is 1.58. The molecule has 0 radical (unpaired) electrons. The first-order valence-corrected chi connectivity index (χ1v) is 5.49. The maximum Gasteiger partial charge on any atom is 0.133 e. The van der Waals surface area contributed by atoms with Gasteiger partial charge in [0.15, 0.2) is 0 Å². The highest BCUT2D eigenvalue weighted by Gasteiger charge is 2.04. The molecule has 1 nitrogen and oxygen atoms in total. The van der Waals surface area contributed by atoms with Gasteiger partial charge in [0.2, 0.25) is 0 Å². The lowest BCUT2D eigenvalue weighted by Gasteiger charge is -2.07. The van der Waals surface area contributed by atoms with Crippen LogP contribution in [0.5, 0.6) is 5.75 Å². The fourth-order valence-corrected chi connectivity index (χ4v) is 1.92. The molecule has 1 rings (SSSR count). The predicted octanol–water partition coefficient (Wildman–Crippen LogP) is 3.63. The van der Waals surface area contributed by atoms with Crippen LogP contribution in [-0.4, -0.2) is 13.0 Å². The molecule has 0 heterocycles. The smallest absolute Gasteiger partial charge is 0.133 e. The maximum atomic E-state index is 5.63. The molecule has 0 aliphatic carbocycles. The standard InChI is InChI=1S/C10H12BrClO/c1-13-9-6-2-4-8(10(9)11)5-3-7-12/h2,4,6H,3,5,7H2,1H3. The Morgan fingerprint density at radius 1 is 1.46 bits per heavy atom.